The summed E-state index contributed by atoms with van der Waals surface area (Å²) in [6.07, 6.45) is 7.78. The maximum atomic E-state index is 11.4. The second-order valence-electron chi connectivity index (χ2n) is 5.12. The van der Waals surface area contributed by atoms with Crippen LogP contribution in [0.3, 0.4) is 0 Å². The molecule has 2 fully saturated rings. The van der Waals surface area contributed by atoms with Crippen molar-refractivity contribution in [2.24, 2.45) is 0 Å². The minimum Gasteiger partial charge on any atom is -0.385 e. The summed E-state index contributed by atoms with van der Waals surface area (Å²) in [5.41, 5.74) is 0. The van der Waals surface area contributed by atoms with Gasteiger partial charge in [0.25, 0.3) is 0 Å². The summed E-state index contributed by atoms with van der Waals surface area (Å²) in [6.45, 7) is 2.07. The van der Waals surface area contributed by atoms with E-state index in [1.54, 1.807) is 7.11 Å². The highest BCUT2D eigenvalue weighted by Crippen LogP contribution is 2.33. The molecule has 2 aliphatic rings. The quantitative estimate of drug-likeness (QED) is 0.648. The molecule has 3 heteroatoms. The van der Waals surface area contributed by atoms with Gasteiger partial charge < -0.3 is 4.74 Å². The normalized spacial score (nSPS) is 29.9. The van der Waals surface area contributed by atoms with Crippen molar-refractivity contribution < 1.29 is 9.53 Å². The summed E-state index contributed by atoms with van der Waals surface area (Å²) < 4.78 is 5.04. The first kappa shape index (κ1) is 12.1. The molecule has 2 unspecified atom stereocenters. The van der Waals surface area contributed by atoms with E-state index >= 15 is 0 Å². The molecule has 2 heterocycles. The van der Waals surface area contributed by atoms with Gasteiger partial charge in [0.2, 0.25) is 0 Å². The van der Waals surface area contributed by atoms with Gasteiger partial charge in [0.15, 0.2) is 0 Å². The lowest BCUT2D eigenvalue weighted by Gasteiger charge is -2.33. The first-order valence-electron chi connectivity index (χ1n) is 6.57. The molecule has 92 valence electrons. The number of fused-ring (bicyclic) bond motifs is 2. The molecule has 0 spiro atoms. The maximum Gasteiger partial charge on any atom is 0.136 e. The van der Waals surface area contributed by atoms with Gasteiger partial charge in [0.1, 0.15) is 5.78 Å². The summed E-state index contributed by atoms with van der Waals surface area (Å²) in [6, 6.07) is 1.15. The molecule has 16 heavy (non-hydrogen) atoms. The summed E-state index contributed by atoms with van der Waals surface area (Å²) in [7, 11) is 1.76. The van der Waals surface area contributed by atoms with Crippen molar-refractivity contribution >= 4 is 5.78 Å². The summed E-state index contributed by atoms with van der Waals surface area (Å²) in [4.78, 5) is 14.0. The molecule has 0 aliphatic carbocycles. The van der Waals surface area contributed by atoms with Gasteiger partial charge >= 0.3 is 0 Å². The highest BCUT2D eigenvalue weighted by atomic mass is 16.5. The Bertz CT molecular complexity index is 226. The summed E-state index contributed by atoms with van der Waals surface area (Å²) >= 11 is 0. The van der Waals surface area contributed by atoms with E-state index in [-0.39, 0.29) is 0 Å². The van der Waals surface area contributed by atoms with Crippen LogP contribution in [0, 0.1) is 0 Å². The van der Waals surface area contributed by atoms with Crippen LogP contribution in [0.4, 0.5) is 0 Å². The fraction of sp³-hybridized carbons (Fsp3) is 0.923. The monoisotopic (exact) mass is 225 g/mol. The zero-order valence-electron chi connectivity index (χ0n) is 10.3. The van der Waals surface area contributed by atoms with Gasteiger partial charge in [-0.3, -0.25) is 9.69 Å². The van der Waals surface area contributed by atoms with Gasteiger partial charge in [0, 0.05) is 38.6 Å². The van der Waals surface area contributed by atoms with Crippen molar-refractivity contribution in [3.05, 3.63) is 0 Å². The maximum absolute atomic E-state index is 11.4. The van der Waals surface area contributed by atoms with E-state index < -0.39 is 0 Å². The number of carbonyl (C=O) groups excluding carboxylic acids is 1. The van der Waals surface area contributed by atoms with Crippen molar-refractivity contribution in [3.8, 4) is 0 Å². The van der Waals surface area contributed by atoms with Crippen molar-refractivity contribution in [2.75, 3.05) is 20.3 Å². The Morgan fingerprint density at radius 2 is 1.88 bits per heavy atom. The van der Waals surface area contributed by atoms with Crippen LogP contribution in [0.1, 0.15) is 44.9 Å². The molecule has 0 aromatic carbocycles. The van der Waals surface area contributed by atoms with E-state index in [0.29, 0.717) is 17.9 Å². The lowest BCUT2D eigenvalue weighted by atomic mass is 10.0. The molecule has 0 N–H and O–H groups in total. The van der Waals surface area contributed by atoms with Gasteiger partial charge in [-0.15, -0.1) is 0 Å². The highest BCUT2D eigenvalue weighted by molar-refractivity contribution is 5.80. The number of piperidine rings is 1. The fourth-order valence-corrected chi connectivity index (χ4v) is 3.14. The second-order valence-corrected chi connectivity index (χ2v) is 5.12. The van der Waals surface area contributed by atoms with Crippen molar-refractivity contribution in [1.29, 1.82) is 0 Å². The summed E-state index contributed by atoms with van der Waals surface area (Å²) in [5.74, 6) is 0.489. The number of unbranched alkanes of at least 4 members (excludes halogenated alkanes) is 2. The van der Waals surface area contributed by atoms with Gasteiger partial charge in [0.05, 0.1) is 0 Å². The second kappa shape index (κ2) is 5.78. The summed E-state index contributed by atoms with van der Waals surface area (Å²) in [5, 5.41) is 0. The molecule has 2 rings (SSSR count). The van der Waals surface area contributed by atoms with E-state index in [0.717, 1.165) is 19.4 Å². The Labute approximate surface area is 98.1 Å². The van der Waals surface area contributed by atoms with Crippen LogP contribution in [-0.2, 0) is 9.53 Å². The van der Waals surface area contributed by atoms with E-state index in [9.17, 15) is 4.79 Å². The Hall–Kier alpha value is -0.410. The molecule has 2 atom stereocenters. The molecule has 2 aliphatic heterocycles. The van der Waals surface area contributed by atoms with Crippen LogP contribution in [0.5, 0.6) is 0 Å². The molecule has 2 saturated heterocycles. The predicted octanol–water partition coefficient (Wildman–Crippen LogP) is 2.00. The molecule has 0 aromatic rings. The number of methoxy groups -OCH3 is 1. The molecule has 3 nitrogen and oxygen atoms in total. The van der Waals surface area contributed by atoms with Crippen LogP contribution < -0.4 is 0 Å². The molecule has 0 amide bonds. The molecular formula is C13H23NO2. The minimum atomic E-state index is 0.489. The molecule has 0 saturated carbocycles. The van der Waals surface area contributed by atoms with Crippen molar-refractivity contribution in [2.45, 2.75) is 57.0 Å². The van der Waals surface area contributed by atoms with Gasteiger partial charge in [-0.2, -0.15) is 0 Å². The zero-order chi connectivity index (χ0) is 11.4. The minimum absolute atomic E-state index is 0.489. The molecule has 2 bridgehead atoms. The smallest absolute Gasteiger partial charge is 0.136 e. The molecule has 0 aromatic heterocycles. The average Bonchev–Trinajstić information content (AvgIpc) is 2.51. The third kappa shape index (κ3) is 2.83. The topological polar surface area (TPSA) is 29.5 Å². The van der Waals surface area contributed by atoms with Gasteiger partial charge in [-0.1, -0.05) is 0 Å². The van der Waals surface area contributed by atoms with E-state index in [2.05, 4.69) is 4.90 Å². The van der Waals surface area contributed by atoms with Gasteiger partial charge in [-0.05, 0) is 38.6 Å². The van der Waals surface area contributed by atoms with E-state index in [1.807, 2.05) is 0 Å². The number of ketones is 1. The Balaban J connectivity index is 1.68. The van der Waals surface area contributed by atoms with Crippen LogP contribution in [0.25, 0.3) is 0 Å². The Morgan fingerprint density at radius 3 is 2.50 bits per heavy atom. The molecule has 0 radical (unpaired) electrons. The SMILES string of the molecule is COCCCCCN1C2CCC1CC(=O)C2. The van der Waals surface area contributed by atoms with Crippen LogP contribution >= 0.6 is 0 Å². The average molecular weight is 225 g/mol. The van der Waals surface area contributed by atoms with Crippen LogP contribution in [0.2, 0.25) is 0 Å². The number of nitrogens with zero attached hydrogens (tertiary/aromatic N) is 1. The van der Waals surface area contributed by atoms with Crippen molar-refractivity contribution in [3.63, 3.8) is 0 Å². The molecular weight excluding hydrogens is 202 g/mol. The largest absolute Gasteiger partial charge is 0.385 e. The fourth-order valence-electron chi connectivity index (χ4n) is 3.14. The number of rotatable bonds is 6. The first-order valence-corrected chi connectivity index (χ1v) is 6.57. The number of hydrogen-bond acceptors (Lipinski definition) is 3. The van der Waals surface area contributed by atoms with E-state index in [1.165, 1.54) is 38.6 Å². The zero-order valence-corrected chi connectivity index (χ0v) is 10.3. The lowest BCUT2D eigenvalue weighted by Crippen LogP contribution is -2.43. The van der Waals surface area contributed by atoms with Crippen LogP contribution in [-0.4, -0.2) is 43.0 Å². The lowest BCUT2D eigenvalue weighted by molar-refractivity contribution is -0.123. The van der Waals surface area contributed by atoms with Crippen LogP contribution in [0.15, 0.2) is 0 Å². The standard InChI is InChI=1S/C13H23NO2/c1-16-8-4-2-3-7-14-11-5-6-12(14)10-13(15)9-11/h11-12H,2-10H2,1H3. The number of carbonyl (C=O) groups is 1. The Kier molecular flexibility index (Phi) is 4.36. The van der Waals surface area contributed by atoms with E-state index in [4.69, 9.17) is 4.74 Å². The highest BCUT2D eigenvalue weighted by Gasteiger charge is 2.39. The number of hydrogen-bond donors (Lipinski definition) is 0. The number of Topliss-reactive ketones (excluding diaryl/α,β-unsaturated/α-hetero) is 1. The van der Waals surface area contributed by atoms with Gasteiger partial charge in [-0.25, -0.2) is 0 Å². The predicted molar refractivity (Wildman–Crippen MR) is 63.5 cm³/mol. The Morgan fingerprint density at radius 1 is 1.19 bits per heavy atom. The van der Waals surface area contributed by atoms with Crippen molar-refractivity contribution in [1.82, 2.24) is 4.90 Å². The third-order valence-electron chi connectivity index (χ3n) is 3.96. The number of ether oxygens (including phenoxy) is 1. The third-order valence-corrected chi connectivity index (χ3v) is 3.96. The first-order chi connectivity index (χ1) is 7.81.